The minimum atomic E-state index is -4.10. The fraction of sp³-hybridized carbons (Fsp3) is 0.278. The number of nitrogens with zero attached hydrogens (tertiary/aromatic N) is 5. The molecule has 0 aliphatic heterocycles. The number of fused-ring (bicyclic) bond motifs is 2. The molecule has 1 atom stereocenters. The highest BCUT2D eigenvalue weighted by Crippen LogP contribution is 2.52. The van der Waals surface area contributed by atoms with E-state index in [1.54, 1.807) is 19.1 Å². The number of alkyl halides is 6. The molecule has 0 bridgehead atoms. The van der Waals surface area contributed by atoms with Crippen molar-refractivity contribution >= 4 is 44.4 Å². The Kier molecular flexibility index (Phi) is 10.2. The van der Waals surface area contributed by atoms with E-state index in [4.69, 9.17) is 0 Å². The first kappa shape index (κ1) is 39.3. The number of aryl methyl sites for hydroxylation is 1. The van der Waals surface area contributed by atoms with E-state index >= 15 is 8.78 Å². The maximum atomic E-state index is 15.2. The summed E-state index contributed by atoms with van der Waals surface area (Å²) in [5.74, 6) is -12.7. The molecule has 2 amide bonds. The first-order valence-electron chi connectivity index (χ1n) is 16.9. The second-order valence-corrected chi connectivity index (χ2v) is 14.2. The Hall–Kier alpha value is -5.99. The molecule has 298 valence electrons. The first-order valence-corrected chi connectivity index (χ1v) is 17.8. The second kappa shape index (κ2) is 14.8. The Morgan fingerprint density at radius 2 is 1.67 bits per heavy atom. The summed E-state index contributed by atoms with van der Waals surface area (Å²) in [5.41, 5.74) is -4.23. The Bertz CT molecular complexity index is 2520. The maximum absolute atomic E-state index is 15.2. The highest BCUT2D eigenvalue weighted by atomic mass is 32.1. The van der Waals surface area contributed by atoms with E-state index in [2.05, 4.69) is 41.2 Å². The predicted octanol–water partition coefficient (Wildman–Crippen LogP) is 8.12. The monoisotopic (exact) mass is 821 g/mol. The molecule has 6 aromatic rings. The zero-order valence-electron chi connectivity index (χ0n) is 29.5. The summed E-state index contributed by atoms with van der Waals surface area (Å²) in [6.07, 6.45) is -7.00. The van der Waals surface area contributed by atoms with Crippen molar-refractivity contribution in [2.75, 3.05) is 12.4 Å². The summed E-state index contributed by atoms with van der Waals surface area (Å²) in [5, 5.41) is 18.4. The van der Waals surface area contributed by atoms with Crippen LogP contribution in [0.3, 0.4) is 0 Å². The molecular weight excluding hydrogens is 794 g/mol. The van der Waals surface area contributed by atoms with E-state index < -0.39 is 96.3 Å². The number of aromatic nitrogens is 6. The molecule has 57 heavy (non-hydrogen) atoms. The van der Waals surface area contributed by atoms with Gasteiger partial charge < -0.3 is 16.0 Å². The number of benzene rings is 2. The lowest BCUT2D eigenvalue weighted by Gasteiger charge is -2.29. The minimum Gasteiger partial charge on any atom is -0.355 e. The number of hydrogen-bond donors (Lipinski definition) is 4. The number of pyridine rings is 1. The molecule has 0 fully saturated rings. The molecule has 0 saturated carbocycles. The number of carbonyl (C=O) groups excluding carboxylic acids is 2. The molecule has 4 heterocycles. The van der Waals surface area contributed by atoms with Crippen LogP contribution in [0.2, 0.25) is 0 Å². The van der Waals surface area contributed by atoms with Gasteiger partial charge >= 0.3 is 0 Å². The Labute approximate surface area is 319 Å². The number of nitrogens with one attached hydrogen (secondary N) is 4. The van der Waals surface area contributed by atoms with Crippen LogP contribution >= 0.6 is 11.3 Å². The summed E-state index contributed by atoms with van der Waals surface area (Å²) >= 11 is 1.11. The standard InChI is InChI=1S/C36H28F9N9O2S/c1-15-7-25(52-51-15)48-34-50-32-24(57-34)13-20(17-3-4-22(39)21(11-17)33(56)46-2)28(49-32)23(10-16-8-18(37)12-19(38)9-16)47-26(55)14-54-30-27(29(53-54)31(40)41)35(42,43)5-6-36(30,44)45/h3-4,7-9,11-13,23,31H,5-6,10,14H2,1-2H3,(H,46,56)(H,47,55)(H2,48,49,50,51,52). The van der Waals surface area contributed by atoms with Crippen LogP contribution in [0, 0.1) is 24.4 Å². The summed E-state index contributed by atoms with van der Waals surface area (Å²) in [4.78, 5) is 35.6. The van der Waals surface area contributed by atoms with E-state index in [1.807, 2.05) is 0 Å². The van der Waals surface area contributed by atoms with Gasteiger partial charge in [-0.1, -0.05) is 17.4 Å². The van der Waals surface area contributed by atoms with Gasteiger partial charge in [0.15, 0.2) is 16.6 Å². The molecule has 0 radical (unpaired) electrons. The highest BCUT2D eigenvalue weighted by molar-refractivity contribution is 7.22. The van der Waals surface area contributed by atoms with Crippen LogP contribution in [0.4, 0.5) is 50.5 Å². The molecule has 1 unspecified atom stereocenters. The lowest BCUT2D eigenvalue weighted by molar-refractivity contribution is -0.123. The summed E-state index contributed by atoms with van der Waals surface area (Å²) in [6.45, 7) is 0.502. The maximum Gasteiger partial charge on any atom is 0.290 e. The van der Waals surface area contributed by atoms with E-state index in [-0.39, 0.29) is 38.3 Å². The Morgan fingerprint density at radius 1 is 0.947 bits per heavy atom. The van der Waals surface area contributed by atoms with Crippen molar-refractivity contribution in [3.05, 3.63) is 105 Å². The summed E-state index contributed by atoms with van der Waals surface area (Å²) in [7, 11) is 1.28. The van der Waals surface area contributed by atoms with Gasteiger partial charge in [-0.2, -0.15) is 24.0 Å². The van der Waals surface area contributed by atoms with E-state index in [1.165, 1.54) is 19.2 Å². The van der Waals surface area contributed by atoms with Crippen molar-refractivity contribution in [3.8, 4) is 11.1 Å². The normalized spacial score (nSPS) is 15.1. The lowest BCUT2D eigenvalue weighted by Crippen LogP contribution is -2.37. The number of anilines is 2. The Balaban J connectivity index is 1.37. The number of rotatable bonds is 11. The van der Waals surface area contributed by atoms with Gasteiger partial charge in [0.05, 0.1) is 27.6 Å². The fourth-order valence-electron chi connectivity index (χ4n) is 6.61. The van der Waals surface area contributed by atoms with Crippen molar-refractivity contribution in [1.82, 2.24) is 40.6 Å². The number of H-pyrrole nitrogens is 1. The third-order valence-electron chi connectivity index (χ3n) is 9.07. The van der Waals surface area contributed by atoms with Gasteiger partial charge in [0.1, 0.15) is 35.4 Å². The van der Waals surface area contributed by atoms with Crippen LogP contribution in [-0.2, 0) is 29.6 Å². The zero-order chi connectivity index (χ0) is 41.0. The van der Waals surface area contributed by atoms with Gasteiger partial charge in [-0.15, -0.1) is 0 Å². The molecule has 0 spiro atoms. The largest absolute Gasteiger partial charge is 0.355 e. The molecule has 7 rings (SSSR count). The Morgan fingerprint density at radius 3 is 2.33 bits per heavy atom. The van der Waals surface area contributed by atoms with Gasteiger partial charge in [0, 0.05) is 43.3 Å². The van der Waals surface area contributed by atoms with Crippen molar-refractivity contribution < 1.29 is 49.1 Å². The molecule has 1 aliphatic rings. The third-order valence-corrected chi connectivity index (χ3v) is 9.98. The molecule has 4 aromatic heterocycles. The zero-order valence-corrected chi connectivity index (χ0v) is 30.3. The van der Waals surface area contributed by atoms with Gasteiger partial charge in [-0.05, 0) is 54.8 Å². The predicted molar refractivity (Wildman–Crippen MR) is 188 cm³/mol. The first-order chi connectivity index (χ1) is 26.9. The minimum absolute atomic E-state index is 0.0482. The summed E-state index contributed by atoms with van der Waals surface area (Å²) < 4.78 is 132. The third kappa shape index (κ3) is 7.87. The van der Waals surface area contributed by atoms with Crippen molar-refractivity contribution in [1.29, 1.82) is 0 Å². The van der Waals surface area contributed by atoms with Crippen LogP contribution in [-0.4, -0.2) is 48.8 Å². The average molecular weight is 822 g/mol. The number of aromatic amines is 1. The fourth-order valence-corrected chi connectivity index (χ4v) is 7.47. The molecule has 21 heteroatoms. The summed E-state index contributed by atoms with van der Waals surface area (Å²) in [6, 6.07) is 7.75. The molecule has 0 saturated heterocycles. The topological polar surface area (TPSA) is 143 Å². The molecule has 1 aliphatic carbocycles. The van der Waals surface area contributed by atoms with Crippen LogP contribution in [0.25, 0.3) is 21.5 Å². The van der Waals surface area contributed by atoms with E-state index in [9.17, 15) is 40.3 Å². The number of carbonyl (C=O) groups is 2. The quantitative estimate of drug-likeness (QED) is 0.0968. The van der Waals surface area contributed by atoms with Gasteiger partial charge in [-0.3, -0.25) is 19.4 Å². The number of amides is 2. The van der Waals surface area contributed by atoms with Crippen LogP contribution in [0.1, 0.15) is 69.6 Å². The van der Waals surface area contributed by atoms with E-state index in [0.29, 0.717) is 21.7 Å². The van der Waals surface area contributed by atoms with Gasteiger partial charge in [-0.25, -0.2) is 35.7 Å². The second-order valence-electron chi connectivity index (χ2n) is 13.2. The highest BCUT2D eigenvalue weighted by Gasteiger charge is 2.55. The number of hydrogen-bond acceptors (Lipinski definition) is 8. The molecule has 4 N–H and O–H groups in total. The number of thiazole rings is 1. The van der Waals surface area contributed by atoms with Crippen LogP contribution in [0.15, 0.2) is 48.5 Å². The van der Waals surface area contributed by atoms with Crippen molar-refractivity contribution in [3.63, 3.8) is 0 Å². The van der Waals surface area contributed by atoms with Crippen molar-refractivity contribution in [2.24, 2.45) is 0 Å². The number of halogens is 9. The van der Waals surface area contributed by atoms with Crippen molar-refractivity contribution in [2.45, 2.75) is 57.0 Å². The lowest BCUT2D eigenvalue weighted by atomic mass is 9.89. The van der Waals surface area contributed by atoms with Gasteiger partial charge in [0.2, 0.25) is 5.91 Å². The SMILES string of the molecule is CNC(=O)c1cc(-c2cc3sc(Nc4cc(C)[nH]n4)nc3nc2C(Cc2cc(F)cc(F)c2)NC(=O)Cn2nc(C(F)F)c3c2C(F)(F)CCC3(F)F)ccc1F. The average Bonchev–Trinajstić information content (AvgIpc) is 3.86. The van der Waals surface area contributed by atoms with Gasteiger partial charge in [0.25, 0.3) is 24.2 Å². The van der Waals surface area contributed by atoms with Crippen LogP contribution in [0.5, 0.6) is 0 Å². The van der Waals surface area contributed by atoms with Crippen LogP contribution < -0.4 is 16.0 Å². The molecule has 11 nitrogen and oxygen atoms in total. The van der Waals surface area contributed by atoms with E-state index in [0.717, 1.165) is 35.2 Å². The molecule has 2 aromatic carbocycles. The smallest absolute Gasteiger partial charge is 0.290 e. The molecular formula is C36H28F9N9O2S.